The third-order valence-corrected chi connectivity index (χ3v) is 4.12. The van der Waals surface area contributed by atoms with Crippen LogP contribution in [-0.2, 0) is 11.4 Å². The Balaban J connectivity index is 1.61. The van der Waals surface area contributed by atoms with Crippen LogP contribution in [0.3, 0.4) is 0 Å². The Morgan fingerprint density at radius 3 is 2.76 bits per heavy atom. The second kappa shape index (κ2) is 8.23. The van der Waals surface area contributed by atoms with Gasteiger partial charge >= 0.3 is 0 Å². The molecule has 2 unspecified atom stereocenters. The van der Waals surface area contributed by atoms with Crippen LogP contribution in [0.2, 0.25) is 0 Å². The Labute approximate surface area is 147 Å². The van der Waals surface area contributed by atoms with Gasteiger partial charge in [-0.15, -0.1) is 0 Å². The zero-order chi connectivity index (χ0) is 17.6. The van der Waals surface area contributed by atoms with Crippen molar-refractivity contribution in [2.45, 2.75) is 32.1 Å². The van der Waals surface area contributed by atoms with Gasteiger partial charge in [-0.2, -0.15) is 0 Å². The van der Waals surface area contributed by atoms with Crippen molar-refractivity contribution >= 4 is 5.71 Å². The van der Waals surface area contributed by atoms with Gasteiger partial charge in [-0.3, -0.25) is 4.90 Å². The van der Waals surface area contributed by atoms with E-state index in [1.54, 1.807) is 13.0 Å². The molecule has 0 aromatic heterocycles. The summed E-state index contributed by atoms with van der Waals surface area (Å²) in [7, 11) is 0. The van der Waals surface area contributed by atoms with E-state index in [4.69, 9.17) is 4.84 Å². The van der Waals surface area contributed by atoms with Crippen molar-refractivity contribution in [3.05, 3.63) is 71.5 Å². The van der Waals surface area contributed by atoms with E-state index >= 15 is 0 Å². The number of benzene rings is 2. The maximum absolute atomic E-state index is 13.4. The topological polar surface area (TPSA) is 45.1 Å². The minimum atomic E-state index is -0.468. The summed E-state index contributed by atoms with van der Waals surface area (Å²) >= 11 is 0. The van der Waals surface area contributed by atoms with Gasteiger partial charge in [-0.25, -0.2) is 4.39 Å². The van der Waals surface area contributed by atoms with Crippen molar-refractivity contribution in [2.24, 2.45) is 5.16 Å². The van der Waals surface area contributed by atoms with E-state index in [0.717, 1.165) is 23.3 Å². The first kappa shape index (κ1) is 17.6. The summed E-state index contributed by atoms with van der Waals surface area (Å²) < 4.78 is 13.4. The molecule has 0 radical (unpaired) electrons. The van der Waals surface area contributed by atoms with Crippen LogP contribution in [0.4, 0.5) is 4.39 Å². The largest absolute Gasteiger partial charge is 0.392 e. The van der Waals surface area contributed by atoms with Crippen LogP contribution >= 0.6 is 0 Å². The molecule has 0 spiro atoms. The lowest BCUT2D eigenvalue weighted by atomic mass is 10.0. The average Bonchev–Trinajstić information content (AvgIpc) is 3.03. The molecule has 0 bridgehead atoms. The minimum absolute atomic E-state index is 0.0671. The number of aliphatic hydroxyl groups excluding tert-OH is 1. The van der Waals surface area contributed by atoms with Crippen LogP contribution in [0.1, 0.15) is 24.5 Å². The molecule has 0 aliphatic carbocycles. The van der Waals surface area contributed by atoms with Crippen molar-refractivity contribution in [3.8, 4) is 0 Å². The Hall–Kier alpha value is -2.24. The van der Waals surface area contributed by atoms with Crippen LogP contribution < -0.4 is 0 Å². The Kier molecular flexibility index (Phi) is 5.79. The molecule has 2 aromatic carbocycles. The molecule has 25 heavy (non-hydrogen) atoms. The third kappa shape index (κ3) is 5.11. The van der Waals surface area contributed by atoms with Crippen molar-refractivity contribution in [1.29, 1.82) is 0 Å². The molecule has 1 N–H and O–H groups in total. The molecule has 132 valence electrons. The van der Waals surface area contributed by atoms with Crippen molar-refractivity contribution in [1.82, 2.24) is 4.90 Å². The Bertz CT molecular complexity index is 719. The van der Waals surface area contributed by atoms with Crippen LogP contribution in [0, 0.1) is 5.82 Å². The number of hydrogen-bond donors (Lipinski definition) is 1. The summed E-state index contributed by atoms with van der Waals surface area (Å²) in [5.74, 6) is -0.249. The highest BCUT2D eigenvalue weighted by Crippen LogP contribution is 2.19. The monoisotopic (exact) mass is 342 g/mol. The lowest BCUT2D eigenvalue weighted by Gasteiger charge is -2.25. The van der Waals surface area contributed by atoms with Crippen molar-refractivity contribution in [2.75, 3.05) is 13.1 Å². The fraction of sp³-hybridized carbons (Fsp3) is 0.350. The number of hydrogen-bond acceptors (Lipinski definition) is 4. The van der Waals surface area contributed by atoms with Gasteiger partial charge in [0.25, 0.3) is 0 Å². The molecule has 5 heteroatoms. The summed E-state index contributed by atoms with van der Waals surface area (Å²) in [6, 6.07) is 16.5. The molecule has 0 amide bonds. The van der Waals surface area contributed by atoms with Crippen molar-refractivity contribution in [3.63, 3.8) is 0 Å². The van der Waals surface area contributed by atoms with Gasteiger partial charge in [-0.05, 0) is 30.2 Å². The van der Waals surface area contributed by atoms with Gasteiger partial charge in [0.05, 0.1) is 11.8 Å². The summed E-state index contributed by atoms with van der Waals surface area (Å²) in [5.41, 5.74) is 2.88. The second-order valence-electron chi connectivity index (χ2n) is 6.51. The normalized spacial score (nSPS) is 18.1. The quantitative estimate of drug-likeness (QED) is 0.840. The highest BCUT2D eigenvalue weighted by Gasteiger charge is 2.25. The molecule has 1 heterocycles. The Morgan fingerprint density at radius 1 is 1.24 bits per heavy atom. The van der Waals surface area contributed by atoms with E-state index in [0.29, 0.717) is 19.6 Å². The third-order valence-electron chi connectivity index (χ3n) is 4.12. The Morgan fingerprint density at radius 2 is 2.04 bits per heavy atom. The van der Waals surface area contributed by atoms with E-state index in [-0.39, 0.29) is 11.9 Å². The summed E-state index contributed by atoms with van der Waals surface area (Å²) in [5, 5.41) is 14.0. The first-order valence-corrected chi connectivity index (χ1v) is 8.53. The predicted molar refractivity (Wildman–Crippen MR) is 95.8 cm³/mol. The van der Waals surface area contributed by atoms with Gasteiger partial charge in [0.2, 0.25) is 0 Å². The second-order valence-corrected chi connectivity index (χ2v) is 6.51. The number of aliphatic hydroxyl groups is 1. The van der Waals surface area contributed by atoms with Crippen LogP contribution in [0.15, 0.2) is 59.8 Å². The number of nitrogens with zero attached hydrogens (tertiary/aromatic N) is 2. The molecule has 3 rings (SSSR count). The van der Waals surface area contributed by atoms with Gasteiger partial charge in [0.15, 0.2) is 0 Å². The van der Waals surface area contributed by atoms with Crippen LogP contribution in [0.25, 0.3) is 0 Å². The van der Waals surface area contributed by atoms with E-state index in [1.807, 2.05) is 36.4 Å². The molecule has 1 aliphatic rings. The molecule has 0 fully saturated rings. The van der Waals surface area contributed by atoms with E-state index in [1.165, 1.54) is 12.1 Å². The standard InChI is InChI=1S/C20H23FN2O2/c1-15(24)12-23(13-16-6-5-9-18(21)10-16)14-19-11-20(22-25-19)17-7-3-2-4-8-17/h2-10,15,19,24H,11-14H2,1H3. The highest BCUT2D eigenvalue weighted by atomic mass is 19.1. The van der Waals surface area contributed by atoms with Gasteiger partial charge in [0, 0.05) is 26.1 Å². The van der Waals surface area contributed by atoms with Gasteiger partial charge in [0.1, 0.15) is 11.9 Å². The summed E-state index contributed by atoms with van der Waals surface area (Å²) in [6.45, 7) is 3.43. The lowest BCUT2D eigenvalue weighted by Crippen LogP contribution is -2.37. The zero-order valence-corrected chi connectivity index (χ0v) is 14.3. The number of oxime groups is 1. The van der Waals surface area contributed by atoms with E-state index in [2.05, 4.69) is 10.1 Å². The summed E-state index contributed by atoms with van der Waals surface area (Å²) in [6.07, 6.45) is 0.190. The fourth-order valence-electron chi connectivity index (χ4n) is 3.09. The minimum Gasteiger partial charge on any atom is -0.392 e. The highest BCUT2D eigenvalue weighted by molar-refractivity contribution is 6.01. The molecule has 1 aliphatic heterocycles. The van der Waals surface area contributed by atoms with Crippen LogP contribution in [0.5, 0.6) is 0 Å². The average molecular weight is 342 g/mol. The maximum atomic E-state index is 13.4. The SMILES string of the molecule is CC(O)CN(Cc1cccc(F)c1)CC1CC(c2ccccc2)=NO1. The smallest absolute Gasteiger partial charge is 0.145 e. The number of rotatable bonds is 7. The van der Waals surface area contributed by atoms with Gasteiger partial charge in [-0.1, -0.05) is 47.6 Å². The summed E-state index contributed by atoms with van der Waals surface area (Å²) in [4.78, 5) is 7.66. The molecule has 2 aromatic rings. The lowest BCUT2D eigenvalue weighted by molar-refractivity contribution is 0.0351. The first-order chi connectivity index (χ1) is 12.1. The van der Waals surface area contributed by atoms with E-state index in [9.17, 15) is 9.50 Å². The molecule has 0 saturated heterocycles. The molecular formula is C20H23FN2O2. The molecule has 2 atom stereocenters. The molecular weight excluding hydrogens is 319 g/mol. The first-order valence-electron chi connectivity index (χ1n) is 8.53. The maximum Gasteiger partial charge on any atom is 0.145 e. The zero-order valence-electron chi connectivity index (χ0n) is 14.3. The van der Waals surface area contributed by atoms with Gasteiger partial charge < -0.3 is 9.94 Å². The van der Waals surface area contributed by atoms with E-state index < -0.39 is 6.10 Å². The predicted octanol–water partition coefficient (Wildman–Crippen LogP) is 3.20. The van der Waals surface area contributed by atoms with Crippen molar-refractivity contribution < 1.29 is 14.3 Å². The number of halogens is 1. The van der Waals surface area contributed by atoms with Crippen LogP contribution in [-0.4, -0.2) is 41.0 Å². The molecule has 0 saturated carbocycles. The molecule has 4 nitrogen and oxygen atoms in total. The fourth-order valence-corrected chi connectivity index (χ4v) is 3.09.